The van der Waals surface area contributed by atoms with Crippen LogP contribution in [0.2, 0.25) is 0 Å². The molecule has 8 nitrogen and oxygen atoms in total. The molecule has 1 fully saturated rings. The first-order valence-corrected chi connectivity index (χ1v) is 7.51. The fourth-order valence-electron chi connectivity index (χ4n) is 2.26. The monoisotopic (exact) mass is 301 g/mol. The number of carboxylic acids is 1. The van der Waals surface area contributed by atoms with Crippen LogP contribution < -0.4 is 5.73 Å². The van der Waals surface area contributed by atoms with E-state index >= 15 is 0 Å². The van der Waals surface area contributed by atoms with Gasteiger partial charge in [-0.3, -0.25) is 4.79 Å². The van der Waals surface area contributed by atoms with Gasteiger partial charge in [-0.1, -0.05) is 6.42 Å². The summed E-state index contributed by atoms with van der Waals surface area (Å²) in [4.78, 5) is 24.3. The Morgan fingerprint density at radius 1 is 1.40 bits per heavy atom. The highest BCUT2D eigenvalue weighted by Gasteiger charge is 2.37. The smallest absolute Gasteiger partial charge is 0.352 e. The van der Waals surface area contributed by atoms with Crippen molar-refractivity contribution in [3.63, 3.8) is 0 Å². The summed E-state index contributed by atoms with van der Waals surface area (Å²) in [6.07, 6.45) is 2.85. The second-order valence-corrected chi connectivity index (χ2v) is 6.47. The molecule has 4 N–H and O–H groups in total. The van der Waals surface area contributed by atoms with Crippen LogP contribution in [0.25, 0.3) is 0 Å². The van der Waals surface area contributed by atoms with Gasteiger partial charge in [-0.05, 0) is 18.9 Å². The molecule has 20 heavy (non-hydrogen) atoms. The van der Waals surface area contributed by atoms with Gasteiger partial charge in [0.15, 0.2) is 0 Å². The number of rotatable bonds is 4. The lowest BCUT2D eigenvalue weighted by molar-refractivity contribution is -0.122. The standard InChI is InChI=1S/C11H15N3O5S/c12-10(15)9-3-1-2-4-14(9)20(18,19)7-5-8(11(16)17)13-6-7/h5-6,9,13H,1-4H2,(H2,12,15)(H,16,17). The summed E-state index contributed by atoms with van der Waals surface area (Å²) in [6.45, 7) is 0.198. The molecule has 1 unspecified atom stereocenters. The molecule has 1 atom stereocenters. The number of piperidine rings is 1. The fraction of sp³-hybridized carbons (Fsp3) is 0.455. The molecule has 1 aliphatic rings. The third kappa shape index (κ3) is 2.54. The van der Waals surface area contributed by atoms with Crippen LogP contribution in [-0.4, -0.2) is 47.3 Å². The summed E-state index contributed by atoms with van der Waals surface area (Å²) in [5, 5.41) is 8.80. The van der Waals surface area contributed by atoms with Crippen molar-refractivity contribution in [1.82, 2.24) is 9.29 Å². The van der Waals surface area contributed by atoms with Crippen LogP contribution >= 0.6 is 0 Å². The highest BCUT2D eigenvalue weighted by molar-refractivity contribution is 7.89. The average molecular weight is 301 g/mol. The largest absolute Gasteiger partial charge is 0.477 e. The maximum atomic E-state index is 12.4. The van der Waals surface area contributed by atoms with E-state index < -0.39 is 27.9 Å². The summed E-state index contributed by atoms with van der Waals surface area (Å²) in [5.41, 5.74) is 5.01. The summed E-state index contributed by atoms with van der Waals surface area (Å²) >= 11 is 0. The molecule has 1 saturated heterocycles. The van der Waals surface area contributed by atoms with Crippen LogP contribution in [0.5, 0.6) is 0 Å². The first kappa shape index (κ1) is 14.5. The number of primary amides is 1. The summed E-state index contributed by atoms with van der Waals surface area (Å²) in [6, 6.07) is 0.154. The van der Waals surface area contributed by atoms with E-state index in [2.05, 4.69) is 4.98 Å². The number of carboxylic acid groups (broad SMARTS) is 1. The number of aromatic amines is 1. The highest BCUT2D eigenvalue weighted by Crippen LogP contribution is 2.25. The Labute approximate surface area is 115 Å². The minimum Gasteiger partial charge on any atom is -0.477 e. The molecule has 0 saturated carbocycles. The molecule has 1 aromatic rings. The minimum atomic E-state index is -3.93. The molecule has 0 spiro atoms. The number of aromatic carboxylic acids is 1. The molecule has 0 radical (unpaired) electrons. The van der Waals surface area contributed by atoms with Crippen molar-refractivity contribution in [1.29, 1.82) is 0 Å². The molecular formula is C11H15N3O5S. The third-order valence-corrected chi connectivity index (χ3v) is 5.16. The summed E-state index contributed by atoms with van der Waals surface area (Å²) in [5.74, 6) is -1.95. The second-order valence-electron chi connectivity index (χ2n) is 4.58. The maximum Gasteiger partial charge on any atom is 0.352 e. The van der Waals surface area contributed by atoms with Crippen molar-refractivity contribution in [2.75, 3.05) is 6.54 Å². The molecule has 1 amide bonds. The van der Waals surface area contributed by atoms with E-state index in [1.165, 1.54) is 0 Å². The number of hydrogen-bond donors (Lipinski definition) is 3. The van der Waals surface area contributed by atoms with Crippen LogP contribution in [-0.2, 0) is 14.8 Å². The number of aromatic nitrogens is 1. The number of nitrogens with zero attached hydrogens (tertiary/aromatic N) is 1. The second kappa shape index (κ2) is 5.25. The normalized spacial score (nSPS) is 20.7. The Hall–Kier alpha value is -1.87. The van der Waals surface area contributed by atoms with Gasteiger partial charge < -0.3 is 15.8 Å². The van der Waals surface area contributed by atoms with E-state index in [1.807, 2.05) is 0 Å². The lowest BCUT2D eigenvalue weighted by Gasteiger charge is -2.32. The zero-order valence-corrected chi connectivity index (χ0v) is 11.4. The Morgan fingerprint density at radius 2 is 2.10 bits per heavy atom. The Morgan fingerprint density at radius 3 is 2.65 bits per heavy atom. The quantitative estimate of drug-likeness (QED) is 0.704. The number of carbonyl (C=O) groups is 2. The SMILES string of the molecule is NC(=O)C1CCCCN1S(=O)(=O)c1c[nH]c(C(=O)O)c1. The van der Waals surface area contributed by atoms with Gasteiger partial charge in [0, 0.05) is 12.7 Å². The van der Waals surface area contributed by atoms with E-state index in [1.54, 1.807) is 0 Å². The van der Waals surface area contributed by atoms with Crippen molar-refractivity contribution in [2.45, 2.75) is 30.2 Å². The molecular weight excluding hydrogens is 286 g/mol. The molecule has 110 valence electrons. The van der Waals surface area contributed by atoms with E-state index in [4.69, 9.17) is 10.8 Å². The number of H-pyrrole nitrogens is 1. The number of sulfonamides is 1. The van der Waals surface area contributed by atoms with Crippen LogP contribution in [0.1, 0.15) is 29.8 Å². The van der Waals surface area contributed by atoms with E-state index in [-0.39, 0.29) is 17.1 Å². The number of nitrogens with two attached hydrogens (primary N) is 1. The van der Waals surface area contributed by atoms with Crippen LogP contribution in [0, 0.1) is 0 Å². The number of nitrogens with one attached hydrogen (secondary N) is 1. The minimum absolute atomic E-state index is 0.178. The summed E-state index contributed by atoms with van der Waals surface area (Å²) < 4.78 is 25.9. The zero-order chi connectivity index (χ0) is 14.9. The number of hydrogen-bond acceptors (Lipinski definition) is 4. The predicted octanol–water partition coefficient (Wildman–Crippen LogP) is -0.259. The molecule has 0 bridgehead atoms. The van der Waals surface area contributed by atoms with Crippen molar-refractivity contribution in [3.05, 3.63) is 18.0 Å². The van der Waals surface area contributed by atoms with Gasteiger partial charge >= 0.3 is 5.97 Å². The van der Waals surface area contributed by atoms with Crippen molar-refractivity contribution >= 4 is 21.9 Å². The molecule has 0 aliphatic carbocycles. The highest BCUT2D eigenvalue weighted by atomic mass is 32.2. The fourth-order valence-corrected chi connectivity index (χ4v) is 3.92. The number of carbonyl (C=O) groups excluding carboxylic acids is 1. The van der Waals surface area contributed by atoms with Gasteiger partial charge in [-0.15, -0.1) is 0 Å². The van der Waals surface area contributed by atoms with Gasteiger partial charge in [0.2, 0.25) is 15.9 Å². The molecule has 2 heterocycles. The van der Waals surface area contributed by atoms with Gasteiger partial charge in [0.1, 0.15) is 16.6 Å². The van der Waals surface area contributed by atoms with Crippen molar-refractivity contribution in [2.24, 2.45) is 5.73 Å². The third-order valence-electron chi connectivity index (χ3n) is 3.28. The average Bonchev–Trinajstić information content (AvgIpc) is 2.89. The van der Waals surface area contributed by atoms with Crippen molar-refractivity contribution < 1.29 is 23.1 Å². The van der Waals surface area contributed by atoms with Gasteiger partial charge in [0.05, 0.1) is 0 Å². The summed E-state index contributed by atoms with van der Waals surface area (Å²) in [7, 11) is -3.93. The topological polar surface area (TPSA) is 134 Å². The predicted molar refractivity (Wildman–Crippen MR) is 68.5 cm³/mol. The van der Waals surface area contributed by atoms with Crippen LogP contribution in [0.3, 0.4) is 0 Å². The maximum absolute atomic E-state index is 12.4. The lowest BCUT2D eigenvalue weighted by atomic mass is 10.0. The van der Waals surface area contributed by atoms with Crippen molar-refractivity contribution in [3.8, 4) is 0 Å². The molecule has 0 aromatic carbocycles. The first-order chi connectivity index (χ1) is 9.34. The molecule has 2 rings (SSSR count). The zero-order valence-electron chi connectivity index (χ0n) is 10.6. The van der Waals surface area contributed by atoms with Crippen LogP contribution in [0.4, 0.5) is 0 Å². The van der Waals surface area contributed by atoms with Gasteiger partial charge in [0.25, 0.3) is 0 Å². The van der Waals surface area contributed by atoms with E-state index in [9.17, 15) is 18.0 Å². The molecule has 9 heteroatoms. The molecule has 1 aliphatic heterocycles. The Bertz CT molecular complexity index is 636. The first-order valence-electron chi connectivity index (χ1n) is 6.07. The van der Waals surface area contributed by atoms with E-state index in [0.717, 1.165) is 23.0 Å². The molecule has 1 aromatic heterocycles. The van der Waals surface area contributed by atoms with Crippen LogP contribution in [0.15, 0.2) is 17.2 Å². The lowest BCUT2D eigenvalue weighted by Crippen LogP contribution is -2.50. The number of amides is 1. The Kier molecular flexibility index (Phi) is 3.82. The van der Waals surface area contributed by atoms with Gasteiger partial charge in [-0.25, -0.2) is 13.2 Å². The van der Waals surface area contributed by atoms with Gasteiger partial charge in [-0.2, -0.15) is 4.31 Å². The van der Waals surface area contributed by atoms with E-state index in [0.29, 0.717) is 12.8 Å². The Balaban J connectivity index is 2.36.